The van der Waals surface area contributed by atoms with Crippen LogP contribution in [-0.2, 0) is 9.53 Å². The van der Waals surface area contributed by atoms with Gasteiger partial charge in [-0.2, -0.15) is 0 Å². The summed E-state index contributed by atoms with van der Waals surface area (Å²) in [6.45, 7) is 3.61. The maximum atomic E-state index is 12.3. The van der Waals surface area contributed by atoms with Crippen LogP contribution in [0, 0.1) is 0 Å². The van der Waals surface area contributed by atoms with Gasteiger partial charge in [0.2, 0.25) is 0 Å². The highest BCUT2D eigenvalue weighted by Gasteiger charge is 2.34. The molecule has 1 aliphatic rings. The lowest BCUT2D eigenvalue weighted by atomic mass is 10.0. The molecular formula is C18H17ClN2O4. The van der Waals surface area contributed by atoms with Crippen LogP contribution in [0.25, 0.3) is 11.3 Å². The molecule has 7 heteroatoms. The van der Waals surface area contributed by atoms with Crippen LogP contribution >= 0.6 is 11.6 Å². The van der Waals surface area contributed by atoms with Gasteiger partial charge >= 0.3 is 12.0 Å². The van der Waals surface area contributed by atoms with Crippen molar-refractivity contribution in [1.82, 2.24) is 10.6 Å². The van der Waals surface area contributed by atoms with Crippen molar-refractivity contribution >= 4 is 23.6 Å². The van der Waals surface area contributed by atoms with Crippen LogP contribution in [0.1, 0.15) is 25.6 Å². The van der Waals surface area contributed by atoms with Crippen LogP contribution in [-0.4, -0.2) is 18.6 Å². The molecule has 0 fully saturated rings. The van der Waals surface area contributed by atoms with Crippen molar-refractivity contribution in [2.45, 2.75) is 19.9 Å². The molecule has 130 valence electrons. The number of halogens is 1. The van der Waals surface area contributed by atoms with Crippen molar-refractivity contribution in [3.63, 3.8) is 0 Å². The van der Waals surface area contributed by atoms with E-state index < -0.39 is 18.0 Å². The molecule has 0 saturated heterocycles. The highest BCUT2D eigenvalue weighted by atomic mass is 35.5. The van der Waals surface area contributed by atoms with Crippen LogP contribution in [0.4, 0.5) is 4.79 Å². The van der Waals surface area contributed by atoms with Gasteiger partial charge in [-0.05, 0) is 38.1 Å². The lowest BCUT2D eigenvalue weighted by Crippen LogP contribution is -2.45. The molecule has 3 rings (SSSR count). The molecule has 0 radical (unpaired) electrons. The molecule has 6 nitrogen and oxygen atoms in total. The van der Waals surface area contributed by atoms with Gasteiger partial charge in [0, 0.05) is 11.3 Å². The molecule has 0 saturated carbocycles. The maximum Gasteiger partial charge on any atom is 0.338 e. The van der Waals surface area contributed by atoms with Gasteiger partial charge in [0.05, 0.1) is 17.2 Å². The van der Waals surface area contributed by atoms with Gasteiger partial charge in [-0.25, -0.2) is 9.59 Å². The lowest BCUT2D eigenvalue weighted by Gasteiger charge is -2.26. The summed E-state index contributed by atoms with van der Waals surface area (Å²) in [6.07, 6.45) is 0. The first-order valence-electron chi connectivity index (χ1n) is 7.81. The molecule has 25 heavy (non-hydrogen) atoms. The number of hydrogen-bond acceptors (Lipinski definition) is 4. The molecule has 0 unspecified atom stereocenters. The van der Waals surface area contributed by atoms with Gasteiger partial charge in [-0.3, -0.25) is 0 Å². The number of rotatable bonds is 4. The molecule has 1 aliphatic heterocycles. The number of hydrogen-bond donors (Lipinski definition) is 2. The average Bonchev–Trinajstić information content (AvgIpc) is 3.04. The third-order valence-electron chi connectivity index (χ3n) is 3.82. The molecule has 2 N–H and O–H groups in total. The number of ether oxygens (including phenoxy) is 1. The fraction of sp³-hybridized carbons (Fsp3) is 0.222. The van der Waals surface area contributed by atoms with Crippen LogP contribution in [0.5, 0.6) is 0 Å². The van der Waals surface area contributed by atoms with Gasteiger partial charge in [0.1, 0.15) is 17.6 Å². The predicted molar refractivity (Wildman–Crippen MR) is 92.9 cm³/mol. The Bertz CT molecular complexity index is 856. The molecule has 1 atom stereocenters. The van der Waals surface area contributed by atoms with E-state index in [1.807, 2.05) is 18.2 Å². The van der Waals surface area contributed by atoms with Crippen LogP contribution in [0.2, 0.25) is 5.02 Å². The van der Waals surface area contributed by atoms with Crippen molar-refractivity contribution in [1.29, 1.82) is 0 Å². The smallest absolute Gasteiger partial charge is 0.338 e. The molecule has 2 aromatic rings. The summed E-state index contributed by atoms with van der Waals surface area (Å²) in [5.41, 5.74) is 1.47. The summed E-state index contributed by atoms with van der Waals surface area (Å²) in [5.74, 6) is 0.467. The topological polar surface area (TPSA) is 80.6 Å². The summed E-state index contributed by atoms with van der Waals surface area (Å²) in [5, 5.41) is 5.83. The number of esters is 1. The number of allylic oxidation sites excluding steroid dienone is 1. The van der Waals surface area contributed by atoms with Crippen LogP contribution in [0.15, 0.2) is 52.1 Å². The number of furan rings is 1. The van der Waals surface area contributed by atoms with Crippen molar-refractivity contribution in [3.05, 3.63) is 58.5 Å². The number of nitrogens with one attached hydrogen (secondary N) is 2. The first-order chi connectivity index (χ1) is 12.0. The Morgan fingerprint density at radius 3 is 2.76 bits per heavy atom. The Balaban J connectivity index is 1.99. The van der Waals surface area contributed by atoms with E-state index in [1.165, 1.54) is 0 Å². The summed E-state index contributed by atoms with van der Waals surface area (Å²) >= 11 is 6.20. The summed E-state index contributed by atoms with van der Waals surface area (Å²) in [7, 11) is 0. The monoisotopic (exact) mass is 360 g/mol. The third-order valence-corrected chi connectivity index (χ3v) is 4.14. The summed E-state index contributed by atoms with van der Waals surface area (Å²) in [6, 6.07) is 9.59. The van der Waals surface area contributed by atoms with E-state index in [4.69, 9.17) is 20.8 Å². The van der Waals surface area contributed by atoms with Crippen molar-refractivity contribution in [2.75, 3.05) is 6.61 Å². The normalized spacial score (nSPS) is 17.1. The Morgan fingerprint density at radius 2 is 2.04 bits per heavy atom. The maximum absolute atomic E-state index is 12.3. The second kappa shape index (κ2) is 7.03. The van der Waals surface area contributed by atoms with E-state index in [9.17, 15) is 9.59 Å². The fourth-order valence-corrected chi connectivity index (χ4v) is 2.93. The number of urea groups is 1. The second-order valence-electron chi connectivity index (χ2n) is 5.47. The zero-order valence-electron chi connectivity index (χ0n) is 13.8. The highest BCUT2D eigenvalue weighted by Crippen LogP contribution is 2.34. The zero-order chi connectivity index (χ0) is 18.0. The quantitative estimate of drug-likeness (QED) is 0.813. The van der Waals surface area contributed by atoms with E-state index in [2.05, 4.69) is 10.6 Å². The Kier molecular flexibility index (Phi) is 4.81. The third kappa shape index (κ3) is 3.39. The highest BCUT2D eigenvalue weighted by molar-refractivity contribution is 6.33. The number of carbonyl (C=O) groups is 2. The van der Waals surface area contributed by atoms with Gasteiger partial charge in [-0.1, -0.05) is 23.7 Å². The van der Waals surface area contributed by atoms with Gasteiger partial charge in [0.25, 0.3) is 0 Å². The molecule has 1 aromatic heterocycles. The predicted octanol–water partition coefficient (Wildman–Crippen LogP) is 3.79. The Hall–Kier alpha value is -2.73. The molecule has 2 heterocycles. The molecule has 0 spiro atoms. The largest absolute Gasteiger partial charge is 0.463 e. The summed E-state index contributed by atoms with van der Waals surface area (Å²) < 4.78 is 11.0. The van der Waals surface area contributed by atoms with Crippen molar-refractivity contribution < 1.29 is 18.7 Å². The summed E-state index contributed by atoms with van der Waals surface area (Å²) in [4.78, 5) is 24.1. The van der Waals surface area contributed by atoms with Gasteiger partial charge in [-0.15, -0.1) is 0 Å². The molecule has 1 aromatic carbocycles. The molecule has 0 aliphatic carbocycles. The number of carbonyl (C=O) groups excluding carboxylic acids is 2. The van der Waals surface area contributed by atoms with E-state index in [-0.39, 0.29) is 6.61 Å². The Morgan fingerprint density at radius 1 is 1.28 bits per heavy atom. The minimum absolute atomic E-state index is 0.235. The second-order valence-corrected chi connectivity index (χ2v) is 5.88. The van der Waals surface area contributed by atoms with Crippen molar-refractivity contribution in [3.8, 4) is 11.3 Å². The zero-order valence-corrected chi connectivity index (χ0v) is 14.5. The van der Waals surface area contributed by atoms with E-state index in [0.29, 0.717) is 27.8 Å². The first kappa shape index (κ1) is 17.1. The van der Waals surface area contributed by atoms with Crippen LogP contribution in [0.3, 0.4) is 0 Å². The SMILES string of the molecule is CCOC(=O)C1=C(C)NC(=O)N[C@H]1c1ccc(-c2ccccc2Cl)o1. The molecular weight excluding hydrogens is 344 g/mol. The number of amides is 2. The van der Waals surface area contributed by atoms with E-state index in [0.717, 1.165) is 5.56 Å². The van der Waals surface area contributed by atoms with E-state index in [1.54, 1.807) is 32.0 Å². The first-order valence-corrected chi connectivity index (χ1v) is 8.19. The molecule has 0 bridgehead atoms. The molecule has 2 amide bonds. The minimum Gasteiger partial charge on any atom is -0.463 e. The standard InChI is InChI=1S/C18H17ClN2O4/c1-3-24-17(22)15-10(2)20-18(23)21-16(15)14-9-8-13(25-14)11-6-4-5-7-12(11)19/h4-9,16H,3H2,1-2H3,(H2,20,21,23)/t16-/m0/s1. The minimum atomic E-state index is -0.732. The van der Waals surface area contributed by atoms with Gasteiger partial charge in [0.15, 0.2) is 0 Å². The van der Waals surface area contributed by atoms with Crippen LogP contribution < -0.4 is 10.6 Å². The fourth-order valence-electron chi connectivity index (χ4n) is 2.70. The van der Waals surface area contributed by atoms with Gasteiger partial charge < -0.3 is 19.8 Å². The Labute approximate surface area is 149 Å². The van der Waals surface area contributed by atoms with Crippen molar-refractivity contribution in [2.24, 2.45) is 0 Å². The lowest BCUT2D eigenvalue weighted by molar-refractivity contribution is -0.139. The average molecular weight is 361 g/mol. The van der Waals surface area contributed by atoms with E-state index >= 15 is 0 Å². The number of benzene rings is 1.